The van der Waals surface area contributed by atoms with Crippen LogP contribution in [0.2, 0.25) is 0 Å². The molecule has 1 fully saturated rings. The number of aliphatic carboxylic acids is 1. The number of rotatable bonds is 1. The van der Waals surface area contributed by atoms with Crippen LogP contribution in [0.1, 0.15) is 10.4 Å². The van der Waals surface area contributed by atoms with Crippen LogP contribution in [0.4, 0.5) is 5.69 Å². The Morgan fingerprint density at radius 3 is 2.87 bits per heavy atom. The first-order valence-electron chi connectivity index (χ1n) is 7.30. The molecule has 0 saturated carbocycles. The molecule has 2 bridgehead atoms. The molecule has 1 saturated heterocycles. The van der Waals surface area contributed by atoms with E-state index in [1.807, 2.05) is 0 Å². The zero-order chi connectivity index (χ0) is 16.2. The van der Waals surface area contributed by atoms with Crippen molar-refractivity contribution in [2.24, 2.45) is 11.8 Å². The van der Waals surface area contributed by atoms with Crippen LogP contribution in [-0.4, -0.2) is 41.1 Å². The zero-order valence-corrected chi connectivity index (χ0v) is 12.0. The van der Waals surface area contributed by atoms with E-state index in [-0.39, 0.29) is 12.5 Å². The van der Waals surface area contributed by atoms with Gasteiger partial charge in [-0.2, -0.15) is 0 Å². The highest BCUT2D eigenvalue weighted by Gasteiger charge is 2.62. The van der Waals surface area contributed by atoms with Crippen LogP contribution in [0.25, 0.3) is 0 Å². The van der Waals surface area contributed by atoms with E-state index < -0.39 is 35.4 Å². The molecule has 0 aromatic heterocycles. The quantitative estimate of drug-likeness (QED) is 0.651. The second kappa shape index (κ2) is 4.66. The fraction of sp³-hybridized carbons (Fsp3) is 0.312. The number of carbonyl (C=O) groups is 3. The Morgan fingerprint density at radius 1 is 1.30 bits per heavy atom. The number of anilines is 1. The highest BCUT2D eigenvalue weighted by atomic mass is 16.5. The maximum Gasteiger partial charge on any atom is 0.310 e. The fourth-order valence-corrected chi connectivity index (χ4v) is 3.65. The fourth-order valence-electron chi connectivity index (χ4n) is 3.65. The van der Waals surface area contributed by atoms with Gasteiger partial charge in [0.05, 0.1) is 29.8 Å². The predicted molar refractivity (Wildman–Crippen MR) is 78.8 cm³/mol. The largest absolute Gasteiger partial charge is 0.481 e. The van der Waals surface area contributed by atoms with Gasteiger partial charge in [0.15, 0.2) is 0 Å². The molecule has 0 radical (unpaired) electrons. The third-order valence-corrected chi connectivity index (χ3v) is 4.69. The second-order valence-electron chi connectivity index (χ2n) is 5.96. The number of fused-ring (bicyclic) bond motifs is 2. The van der Waals surface area contributed by atoms with Crippen LogP contribution < -0.4 is 10.6 Å². The number of benzene rings is 1. The maximum absolute atomic E-state index is 12.7. The van der Waals surface area contributed by atoms with E-state index in [4.69, 9.17) is 4.74 Å². The summed E-state index contributed by atoms with van der Waals surface area (Å²) in [5.41, 5.74) is -0.416. The Kier molecular flexibility index (Phi) is 2.83. The van der Waals surface area contributed by atoms with Crippen LogP contribution in [0.5, 0.6) is 0 Å². The molecular weight excluding hydrogens is 300 g/mol. The van der Waals surface area contributed by atoms with Gasteiger partial charge in [0.2, 0.25) is 5.91 Å². The number of hydrogen-bond donors (Lipinski definition) is 3. The van der Waals surface area contributed by atoms with Crippen LogP contribution >= 0.6 is 0 Å². The Balaban J connectivity index is 1.81. The molecule has 4 rings (SSSR count). The monoisotopic (exact) mass is 314 g/mol. The van der Waals surface area contributed by atoms with Crippen molar-refractivity contribution in [1.82, 2.24) is 5.32 Å². The van der Waals surface area contributed by atoms with Gasteiger partial charge in [0, 0.05) is 0 Å². The minimum absolute atomic E-state index is 0.0506. The normalized spacial score (nSPS) is 34.5. The summed E-state index contributed by atoms with van der Waals surface area (Å²) in [5, 5.41) is 14.9. The lowest BCUT2D eigenvalue weighted by Crippen LogP contribution is -2.50. The van der Waals surface area contributed by atoms with Crippen LogP contribution in [-0.2, 0) is 14.3 Å². The van der Waals surface area contributed by atoms with E-state index in [1.54, 1.807) is 36.4 Å². The smallest absolute Gasteiger partial charge is 0.310 e. The molecule has 0 aliphatic carbocycles. The zero-order valence-electron chi connectivity index (χ0n) is 12.0. The molecule has 1 spiro atoms. The average molecular weight is 314 g/mol. The topological polar surface area (TPSA) is 105 Å². The van der Waals surface area contributed by atoms with Gasteiger partial charge in [-0.3, -0.25) is 14.4 Å². The molecule has 118 valence electrons. The van der Waals surface area contributed by atoms with Gasteiger partial charge in [0.25, 0.3) is 5.91 Å². The molecule has 3 aliphatic heterocycles. The first-order chi connectivity index (χ1) is 11.0. The molecule has 23 heavy (non-hydrogen) atoms. The van der Waals surface area contributed by atoms with Crippen molar-refractivity contribution in [2.45, 2.75) is 11.7 Å². The Morgan fingerprint density at radius 2 is 2.09 bits per heavy atom. The Labute approximate surface area is 131 Å². The van der Waals surface area contributed by atoms with Crippen LogP contribution in [0, 0.1) is 11.8 Å². The standard InChI is InChI=1S/C16H14N2O5/c19-13-8-3-1-2-4-9(8)18-14(20)12-11(15(21)22)10-5-6-16(12,23-10)7-17-13/h1-6,10-12H,7H2,(H,17,19)(H,18,20)(H,21,22)/t10-,11+,12-,16-/m1/s1. The number of carboxylic acid groups (broad SMARTS) is 1. The van der Waals surface area contributed by atoms with Crippen molar-refractivity contribution in [3.63, 3.8) is 0 Å². The third kappa shape index (κ3) is 1.90. The minimum Gasteiger partial charge on any atom is -0.481 e. The molecule has 3 N–H and O–H groups in total. The molecule has 7 nitrogen and oxygen atoms in total. The van der Waals surface area contributed by atoms with Gasteiger partial charge in [-0.15, -0.1) is 0 Å². The summed E-state index contributed by atoms with van der Waals surface area (Å²) in [6.45, 7) is 0.0506. The van der Waals surface area contributed by atoms with Gasteiger partial charge in [0.1, 0.15) is 11.5 Å². The molecule has 1 aromatic carbocycles. The number of nitrogens with one attached hydrogen (secondary N) is 2. The van der Waals surface area contributed by atoms with Gasteiger partial charge in [-0.1, -0.05) is 24.3 Å². The van der Waals surface area contributed by atoms with E-state index in [9.17, 15) is 19.5 Å². The molecule has 2 amide bonds. The SMILES string of the molecule is O=C1NC[C@@]23C=C[C@@H](O2)[C@H](C(=O)O)[C@@H]3C(=O)Nc2ccccc21. The molecular formula is C16H14N2O5. The van der Waals surface area contributed by atoms with E-state index in [0.717, 1.165) is 0 Å². The first-order valence-corrected chi connectivity index (χ1v) is 7.30. The molecule has 4 atom stereocenters. The lowest BCUT2D eigenvalue weighted by Gasteiger charge is -2.30. The maximum atomic E-state index is 12.7. The van der Waals surface area contributed by atoms with Crippen LogP contribution in [0.15, 0.2) is 36.4 Å². The van der Waals surface area contributed by atoms with Crippen molar-refractivity contribution < 1.29 is 24.2 Å². The van der Waals surface area contributed by atoms with E-state index >= 15 is 0 Å². The Bertz CT molecular complexity index is 759. The molecule has 0 unspecified atom stereocenters. The number of carbonyl (C=O) groups excluding carboxylic acids is 2. The van der Waals surface area contributed by atoms with Gasteiger partial charge < -0.3 is 20.5 Å². The Hall–Kier alpha value is -2.67. The predicted octanol–water partition coefficient (Wildman–Crippen LogP) is 0.393. The van der Waals surface area contributed by atoms with Crippen molar-refractivity contribution >= 4 is 23.5 Å². The third-order valence-electron chi connectivity index (χ3n) is 4.69. The minimum atomic E-state index is -1.12. The molecule has 7 heteroatoms. The van der Waals surface area contributed by atoms with E-state index in [2.05, 4.69) is 10.6 Å². The summed E-state index contributed by atoms with van der Waals surface area (Å²) in [4.78, 5) is 36.7. The van der Waals surface area contributed by atoms with Crippen molar-refractivity contribution in [3.8, 4) is 0 Å². The van der Waals surface area contributed by atoms with E-state index in [1.165, 1.54) is 0 Å². The summed E-state index contributed by atoms with van der Waals surface area (Å²) in [7, 11) is 0. The van der Waals surface area contributed by atoms with Crippen molar-refractivity contribution in [1.29, 1.82) is 0 Å². The van der Waals surface area contributed by atoms with E-state index in [0.29, 0.717) is 11.3 Å². The highest BCUT2D eigenvalue weighted by molar-refractivity contribution is 6.06. The summed E-state index contributed by atoms with van der Waals surface area (Å²) in [5.74, 6) is -3.74. The molecule has 3 aliphatic rings. The number of hydrogen-bond acceptors (Lipinski definition) is 4. The molecule has 3 heterocycles. The summed E-state index contributed by atoms with van der Waals surface area (Å²) < 4.78 is 5.78. The first kappa shape index (κ1) is 14.0. The van der Waals surface area contributed by atoms with Crippen molar-refractivity contribution in [3.05, 3.63) is 42.0 Å². The van der Waals surface area contributed by atoms with Gasteiger partial charge in [-0.25, -0.2) is 0 Å². The second-order valence-corrected chi connectivity index (χ2v) is 5.96. The average Bonchev–Trinajstić information content (AvgIpc) is 3.09. The number of para-hydroxylation sites is 1. The van der Waals surface area contributed by atoms with Crippen molar-refractivity contribution in [2.75, 3.05) is 11.9 Å². The van der Waals surface area contributed by atoms with Crippen LogP contribution in [0.3, 0.4) is 0 Å². The van der Waals surface area contributed by atoms with Gasteiger partial charge in [-0.05, 0) is 12.1 Å². The summed E-state index contributed by atoms with van der Waals surface area (Å²) in [6.07, 6.45) is 2.69. The summed E-state index contributed by atoms with van der Waals surface area (Å²) in [6, 6.07) is 6.62. The summed E-state index contributed by atoms with van der Waals surface area (Å²) >= 11 is 0. The highest BCUT2D eigenvalue weighted by Crippen LogP contribution is 2.47. The number of ether oxygens (including phenoxy) is 1. The molecule has 1 aromatic rings. The number of carboxylic acids is 1. The van der Waals surface area contributed by atoms with Gasteiger partial charge >= 0.3 is 5.97 Å². The lowest BCUT2D eigenvalue weighted by molar-refractivity contribution is -0.146. The number of amides is 2. The lowest BCUT2D eigenvalue weighted by atomic mass is 9.74.